The van der Waals surface area contributed by atoms with Crippen molar-refractivity contribution < 1.29 is 14.1 Å². The maximum absolute atomic E-state index is 12.6. The number of rotatable bonds is 6. The number of amides is 2. The van der Waals surface area contributed by atoms with E-state index in [1.807, 2.05) is 19.0 Å². The molecule has 0 saturated heterocycles. The largest absolute Gasteiger partial charge is 0.360 e. The maximum Gasteiger partial charge on any atom is 0.293 e. The number of pyridine rings is 1. The van der Waals surface area contributed by atoms with Crippen molar-refractivity contribution in [3.8, 4) is 0 Å². The molecule has 0 bridgehead atoms. The van der Waals surface area contributed by atoms with Gasteiger partial charge in [0, 0.05) is 25.4 Å². The van der Waals surface area contributed by atoms with Crippen LogP contribution >= 0.6 is 0 Å². The highest BCUT2D eigenvalue weighted by atomic mass is 16.5. The first-order valence-electron chi connectivity index (χ1n) is 8.10. The second kappa shape index (κ2) is 7.36. The number of imidazole rings is 1. The van der Waals surface area contributed by atoms with Gasteiger partial charge in [0.15, 0.2) is 11.5 Å². The van der Waals surface area contributed by atoms with Crippen molar-refractivity contribution in [2.45, 2.75) is 6.92 Å². The number of carbonyl (C=O) groups excluding carboxylic acids is 2. The van der Waals surface area contributed by atoms with Gasteiger partial charge in [-0.2, -0.15) is 0 Å². The number of likely N-dealkylation sites (N-methyl/N-ethyl adjacent to an activating group) is 1. The fourth-order valence-electron chi connectivity index (χ4n) is 2.44. The molecular formula is C17H20N6O3. The average Bonchev–Trinajstić information content (AvgIpc) is 3.18. The van der Waals surface area contributed by atoms with E-state index < -0.39 is 5.91 Å². The van der Waals surface area contributed by atoms with Crippen molar-refractivity contribution in [1.29, 1.82) is 0 Å². The van der Waals surface area contributed by atoms with Crippen molar-refractivity contribution in [3.05, 3.63) is 47.7 Å². The molecule has 0 aliphatic rings. The minimum absolute atomic E-state index is 0.0963. The highest BCUT2D eigenvalue weighted by Gasteiger charge is 2.22. The van der Waals surface area contributed by atoms with E-state index >= 15 is 0 Å². The molecule has 0 radical (unpaired) electrons. The molecule has 0 fully saturated rings. The summed E-state index contributed by atoms with van der Waals surface area (Å²) in [6.45, 7) is 2.91. The van der Waals surface area contributed by atoms with Crippen LogP contribution in [-0.2, 0) is 0 Å². The van der Waals surface area contributed by atoms with E-state index in [1.54, 1.807) is 41.8 Å². The molecule has 2 amide bonds. The lowest BCUT2D eigenvalue weighted by Crippen LogP contribution is -2.31. The van der Waals surface area contributed by atoms with Gasteiger partial charge in [0.1, 0.15) is 5.76 Å². The molecule has 0 atom stereocenters. The summed E-state index contributed by atoms with van der Waals surface area (Å²) >= 11 is 0. The lowest BCUT2D eigenvalue weighted by Gasteiger charge is -2.09. The molecular weight excluding hydrogens is 336 g/mol. The van der Waals surface area contributed by atoms with Crippen molar-refractivity contribution >= 4 is 23.1 Å². The zero-order chi connectivity index (χ0) is 18.7. The third-order valence-corrected chi connectivity index (χ3v) is 3.68. The van der Waals surface area contributed by atoms with Gasteiger partial charge >= 0.3 is 0 Å². The predicted octanol–water partition coefficient (Wildman–Crippen LogP) is 1.17. The Kier molecular flexibility index (Phi) is 4.99. The Morgan fingerprint density at radius 3 is 2.77 bits per heavy atom. The summed E-state index contributed by atoms with van der Waals surface area (Å²) in [7, 11) is 3.85. The fourth-order valence-corrected chi connectivity index (χ4v) is 2.44. The van der Waals surface area contributed by atoms with E-state index in [0.717, 1.165) is 0 Å². The van der Waals surface area contributed by atoms with Crippen LogP contribution in [-0.4, -0.2) is 58.4 Å². The molecule has 3 aromatic rings. The molecule has 3 aromatic heterocycles. The molecule has 0 spiro atoms. The summed E-state index contributed by atoms with van der Waals surface area (Å²) in [6.07, 6.45) is 1.68. The Morgan fingerprint density at radius 1 is 1.27 bits per heavy atom. The number of fused-ring (bicyclic) bond motifs is 1. The summed E-state index contributed by atoms with van der Waals surface area (Å²) in [4.78, 5) is 31.3. The van der Waals surface area contributed by atoms with Crippen molar-refractivity contribution in [3.63, 3.8) is 0 Å². The maximum atomic E-state index is 12.6. The number of hydrogen-bond donors (Lipinski definition) is 2. The number of hydrogen-bond acceptors (Lipinski definition) is 6. The van der Waals surface area contributed by atoms with Gasteiger partial charge in [-0.3, -0.25) is 14.0 Å². The fraction of sp³-hybridized carbons (Fsp3) is 0.294. The first-order chi connectivity index (χ1) is 12.5. The number of aryl methyl sites for hydroxylation is 1. The highest BCUT2D eigenvalue weighted by Crippen LogP contribution is 2.15. The van der Waals surface area contributed by atoms with Crippen LogP contribution in [0.4, 0.5) is 5.82 Å². The van der Waals surface area contributed by atoms with E-state index in [9.17, 15) is 9.59 Å². The summed E-state index contributed by atoms with van der Waals surface area (Å²) in [6, 6.07) is 6.89. The van der Waals surface area contributed by atoms with Gasteiger partial charge in [-0.1, -0.05) is 11.2 Å². The number of nitrogens with zero attached hydrogens (tertiary/aromatic N) is 4. The first kappa shape index (κ1) is 17.6. The molecule has 0 saturated carbocycles. The zero-order valence-electron chi connectivity index (χ0n) is 14.8. The predicted molar refractivity (Wildman–Crippen MR) is 95.3 cm³/mol. The van der Waals surface area contributed by atoms with Gasteiger partial charge in [0.05, 0.1) is 5.52 Å². The second-order valence-corrected chi connectivity index (χ2v) is 6.08. The Bertz CT molecular complexity index is 943. The molecule has 26 heavy (non-hydrogen) atoms. The van der Waals surface area contributed by atoms with E-state index in [4.69, 9.17) is 4.52 Å². The molecule has 9 heteroatoms. The number of nitrogens with one attached hydrogen (secondary N) is 2. The van der Waals surface area contributed by atoms with Crippen molar-refractivity contribution in [2.24, 2.45) is 0 Å². The third kappa shape index (κ3) is 3.72. The van der Waals surface area contributed by atoms with Gasteiger partial charge < -0.3 is 20.1 Å². The van der Waals surface area contributed by atoms with Crippen LogP contribution in [0.25, 0.3) is 5.52 Å². The summed E-state index contributed by atoms with van der Waals surface area (Å²) in [5.41, 5.74) is 0.752. The summed E-state index contributed by atoms with van der Waals surface area (Å²) in [5.74, 6) is 0.157. The Balaban J connectivity index is 1.87. The molecule has 0 aromatic carbocycles. The minimum Gasteiger partial charge on any atom is -0.360 e. The van der Waals surface area contributed by atoms with Crippen molar-refractivity contribution in [2.75, 3.05) is 32.5 Å². The van der Waals surface area contributed by atoms with Crippen LogP contribution in [0.15, 0.2) is 35.0 Å². The monoisotopic (exact) mass is 356 g/mol. The van der Waals surface area contributed by atoms with Crippen LogP contribution in [0, 0.1) is 6.92 Å². The van der Waals surface area contributed by atoms with E-state index in [1.165, 1.54) is 0 Å². The van der Waals surface area contributed by atoms with E-state index in [-0.39, 0.29) is 23.2 Å². The molecule has 3 heterocycles. The van der Waals surface area contributed by atoms with Gasteiger partial charge in [-0.25, -0.2) is 4.98 Å². The third-order valence-electron chi connectivity index (χ3n) is 3.68. The number of carbonyl (C=O) groups is 2. The smallest absolute Gasteiger partial charge is 0.293 e. The average molecular weight is 356 g/mol. The number of aromatic nitrogens is 3. The van der Waals surface area contributed by atoms with E-state index in [0.29, 0.717) is 24.4 Å². The van der Waals surface area contributed by atoms with Gasteiger partial charge in [-0.05, 0) is 33.2 Å². The SMILES string of the molecule is Cc1cc(NC(=O)c2nc(C(=O)NCCN(C)C)c3ccccn23)no1. The van der Waals surface area contributed by atoms with Gasteiger partial charge in [0.2, 0.25) is 5.82 Å². The van der Waals surface area contributed by atoms with Crippen molar-refractivity contribution in [1.82, 2.24) is 24.8 Å². The molecule has 136 valence electrons. The van der Waals surface area contributed by atoms with Crippen LogP contribution in [0.1, 0.15) is 26.9 Å². The van der Waals surface area contributed by atoms with Crippen LogP contribution in [0.3, 0.4) is 0 Å². The Labute approximate surface area is 150 Å². The quantitative estimate of drug-likeness (QED) is 0.687. The highest BCUT2D eigenvalue weighted by molar-refractivity contribution is 6.05. The number of anilines is 1. The second-order valence-electron chi connectivity index (χ2n) is 6.08. The first-order valence-corrected chi connectivity index (χ1v) is 8.10. The summed E-state index contributed by atoms with van der Waals surface area (Å²) < 4.78 is 6.51. The van der Waals surface area contributed by atoms with Gasteiger partial charge in [0.25, 0.3) is 11.8 Å². The molecule has 9 nitrogen and oxygen atoms in total. The molecule has 0 aliphatic carbocycles. The lowest BCUT2D eigenvalue weighted by atomic mass is 10.3. The van der Waals surface area contributed by atoms with Crippen LogP contribution in [0.2, 0.25) is 0 Å². The lowest BCUT2D eigenvalue weighted by molar-refractivity contribution is 0.0948. The Hall–Kier alpha value is -3.20. The molecule has 0 aliphatic heterocycles. The topological polar surface area (TPSA) is 105 Å². The zero-order valence-corrected chi connectivity index (χ0v) is 14.8. The van der Waals surface area contributed by atoms with E-state index in [2.05, 4.69) is 20.8 Å². The summed E-state index contributed by atoms with van der Waals surface area (Å²) in [5, 5.41) is 9.16. The standard InChI is InChI=1S/C17H20N6O3/c1-11-10-13(21-26-11)19-17(25)15-20-14(12-6-4-5-8-23(12)15)16(24)18-7-9-22(2)3/h4-6,8,10H,7,9H2,1-3H3,(H,18,24)(H,19,21,25). The van der Waals surface area contributed by atoms with Crippen LogP contribution in [0.5, 0.6) is 0 Å². The van der Waals surface area contributed by atoms with Gasteiger partial charge in [-0.15, -0.1) is 0 Å². The minimum atomic E-state index is -0.480. The molecule has 3 rings (SSSR count). The normalized spacial score (nSPS) is 11.1. The Morgan fingerprint density at radius 2 is 2.08 bits per heavy atom. The van der Waals surface area contributed by atoms with Crippen LogP contribution < -0.4 is 10.6 Å². The molecule has 0 unspecified atom stereocenters. The molecule has 2 N–H and O–H groups in total.